The minimum absolute atomic E-state index is 0.0480. The van der Waals surface area contributed by atoms with Crippen molar-refractivity contribution in [3.05, 3.63) is 52.4 Å². The van der Waals surface area contributed by atoms with Crippen molar-refractivity contribution in [2.45, 2.75) is 33.4 Å². The predicted molar refractivity (Wildman–Crippen MR) is 77.7 cm³/mol. The van der Waals surface area contributed by atoms with Gasteiger partial charge < -0.3 is 9.42 Å². The summed E-state index contributed by atoms with van der Waals surface area (Å²) < 4.78 is 5.05. The standard InChI is InChI=1S/C15H17ClN2O2/c1-10(2)18(9-12-5-4-6-13(16)8-12)15(19)14-7-11(3)17-20-14/h4-8,10H,9H2,1-3H3. The van der Waals surface area contributed by atoms with Gasteiger partial charge in [0.25, 0.3) is 5.91 Å². The number of aryl methyl sites for hydroxylation is 1. The predicted octanol–water partition coefficient (Wildman–Crippen LogP) is 3.69. The van der Waals surface area contributed by atoms with Gasteiger partial charge in [-0.3, -0.25) is 4.79 Å². The maximum atomic E-state index is 12.4. The van der Waals surface area contributed by atoms with Crippen LogP contribution in [0, 0.1) is 6.92 Å². The van der Waals surface area contributed by atoms with Gasteiger partial charge in [0, 0.05) is 23.7 Å². The van der Waals surface area contributed by atoms with Gasteiger partial charge in [-0.15, -0.1) is 0 Å². The monoisotopic (exact) mass is 292 g/mol. The first-order chi connectivity index (χ1) is 9.47. The Balaban J connectivity index is 2.21. The zero-order valence-electron chi connectivity index (χ0n) is 11.8. The summed E-state index contributed by atoms with van der Waals surface area (Å²) in [6, 6.07) is 9.18. The van der Waals surface area contributed by atoms with Gasteiger partial charge in [0.05, 0.1) is 5.69 Å². The number of nitrogens with zero attached hydrogens (tertiary/aromatic N) is 2. The first-order valence-electron chi connectivity index (χ1n) is 6.46. The number of carbonyl (C=O) groups is 1. The maximum absolute atomic E-state index is 12.4. The van der Waals surface area contributed by atoms with E-state index in [1.807, 2.05) is 38.1 Å². The van der Waals surface area contributed by atoms with E-state index >= 15 is 0 Å². The largest absolute Gasteiger partial charge is 0.351 e. The molecule has 0 aliphatic carbocycles. The molecule has 0 saturated heterocycles. The van der Waals surface area contributed by atoms with Crippen LogP contribution in [0.25, 0.3) is 0 Å². The second-order valence-corrected chi connectivity index (χ2v) is 5.43. The van der Waals surface area contributed by atoms with E-state index < -0.39 is 0 Å². The fraction of sp³-hybridized carbons (Fsp3) is 0.333. The fourth-order valence-electron chi connectivity index (χ4n) is 1.93. The Bertz CT molecular complexity index is 607. The Labute approximate surface area is 123 Å². The van der Waals surface area contributed by atoms with Crippen LogP contribution in [0.1, 0.15) is 35.7 Å². The average Bonchev–Trinajstić information content (AvgIpc) is 2.82. The van der Waals surface area contributed by atoms with Gasteiger partial charge in [-0.05, 0) is 38.5 Å². The SMILES string of the molecule is Cc1cc(C(=O)N(Cc2cccc(Cl)c2)C(C)C)on1. The Morgan fingerprint density at radius 3 is 2.70 bits per heavy atom. The van der Waals surface area contributed by atoms with Crippen LogP contribution in [0.4, 0.5) is 0 Å². The smallest absolute Gasteiger partial charge is 0.293 e. The lowest BCUT2D eigenvalue weighted by Crippen LogP contribution is -2.36. The van der Waals surface area contributed by atoms with Crippen molar-refractivity contribution >= 4 is 17.5 Å². The van der Waals surface area contributed by atoms with Crippen molar-refractivity contribution in [1.82, 2.24) is 10.1 Å². The summed E-state index contributed by atoms with van der Waals surface area (Å²) in [5, 5.41) is 4.42. The van der Waals surface area contributed by atoms with Crippen molar-refractivity contribution in [3.63, 3.8) is 0 Å². The fourth-order valence-corrected chi connectivity index (χ4v) is 2.14. The van der Waals surface area contributed by atoms with Crippen LogP contribution in [-0.2, 0) is 6.54 Å². The molecule has 1 aromatic carbocycles. The van der Waals surface area contributed by atoms with Crippen molar-refractivity contribution in [1.29, 1.82) is 0 Å². The van der Waals surface area contributed by atoms with E-state index in [0.717, 1.165) is 5.56 Å². The molecular formula is C15H17ClN2O2. The summed E-state index contributed by atoms with van der Waals surface area (Å²) in [6.07, 6.45) is 0. The molecule has 5 heteroatoms. The Hall–Kier alpha value is -1.81. The molecule has 1 aromatic heterocycles. The molecule has 2 aromatic rings. The molecule has 106 valence electrons. The first-order valence-corrected chi connectivity index (χ1v) is 6.84. The van der Waals surface area contributed by atoms with Crippen LogP contribution < -0.4 is 0 Å². The van der Waals surface area contributed by atoms with E-state index in [4.69, 9.17) is 16.1 Å². The minimum atomic E-state index is -0.166. The molecule has 0 aliphatic rings. The quantitative estimate of drug-likeness (QED) is 0.863. The second-order valence-electron chi connectivity index (χ2n) is 4.99. The van der Waals surface area contributed by atoms with Gasteiger partial charge in [0.15, 0.2) is 0 Å². The number of benzene rings is 1. The lowest BCUT2D eigenvalue weighted by molar-refractivity contribution is 0.0647. The second kappa shape index (κ2) is 6.09. The number of rotatable bonds is 4. The molecule has 0 fully saturated rings. The van der Waals surface area contributed by atoms with E-state index in [9.17, 15) is 4.79 Å². The molecule has 0 radical (unpaired) electrons. The van der Waals surface area contributed by atoms with Gasteiger partial charge >= 0.3 is 0 Å². The molecular weight excluding hydrogens is 276 g/mol. The molecule has 0 atom stereocenters. The number of hydrogen-bond acceptors (Lipinski definition) is 3. The van der Waals surface area contributed by atoms with Crippen molar-refractivity contribution in [2.75, 3.05) is 0 Å². The summed E-state index contributed by atoms with van der Waals surface area (Å²) in [7, 11) is 0. The molecule has 20 heavy (non-hydrogen) atoms. The molecule has 0 unspecified atom stereocenters. The van der Waals surface area contributed by atoms with Gasteiger partial charge in [-0.1, -0.05) is 28.9 Å². The Kier molecular flexibility index (Phi) is 4.45. The number of hydrogen-bond donors (Lipinski definition) is 0. The zero-order valence-corrected chi connectivity index (χ0v) is 12.5. The highest BCUT2D eigenvalue weighted by atomic mass is 35.5. The molecule has 0 aliphatic heterocycles. The zero-order chi connectivity index (χ0) is 14.7. The van der Waals surface area contributed by atoms with Gasteiger partial charge in [0.2, 0.25) is 5.76 Å². The summed E-state index contributed by atoms with van der Waals surface area (Å²) in [6.45, 7) is 6.20. The summed E-state index contributed by atoms with van der Waals surface area (Å²) >= 11 is 5.98. The number of aromatic nitrogens is 1. The maximum Gasteiger partial charge on any atom is 0.293 e. The van der Waals surface area contributed by atoms with E-state index in [-0.39, 0.29) is 17.7 Å². The topological polar surface area (TPSA) is 46.3 Å². The van der Waals surface area contributed by atoms with Crippen LogP contribution in [-0.4, -0.2) is 22.0 Å². The highest BCUT2D eigenvalue weighted by Gasteiger charge is 2.22. The van der Waals surface area contributed by atoms with Crippen molar-refractivity contribution in [2.24, 2.45) is 0 Å². The van der Waals surface area contributed by atoms with Gasteiger partial charge in [-0.25, -0.2) is 0 Å². The van der Waals surface area contributed by atoms with Crippen molar-refractivity contribution in [3.8, 4) is 0 Å². The third-order valence-corrected chi connectivity index (χ3v) is 3.20. The number of carbonyl (C=O) groups excluding carboxylic acids is 1. The van der Waals surface area contributed by atoms with E-state index in [1.54, 1.807) is 17.9 Å². The van der Waals surface area contributed by atoms with Crippen molar-refractivity contribution < 1.29 is 9.32 Å². The number of halogens is 1. The highest BCUT2D eigenvalue weighted by Crippen LogP contribution is 2.17. The summed E-state index contributed by atoms with van der Waals surface area (Å²) in [4.78, 5) is 14.2. The van der Waals surface area contributed by atoms with Gasteiger partial charge in [-0.2, -0.15) is 0 Å². The molecule has 0 N–H and O–H groups in total. The lowest BCUT2D eigenvalue weighted by Gasteiger charge is -2.25. The third-order valence-electron chi connectivity index (χ3n) is 2.96. The molecule has 1 heterocycles. The molecule has 1 amide bonds. The van der Waals surface area contributed by atoms with Gasteiger partial charge in [0.1, 0.15) is 0 Å². The first kappa shape index (κ1) is 14.6. The normalized spacial score (nSPS) is 10.8. The van der Waals surface area contributed by atoms with Crippen LogP contribution in [0.2, 0.25) is 5.02 Å². The van der Waals surface area contributed by atoms with Crippen LogP contribution in [0.3, 0.4) is 0 Å². The number of amides is 1. The molecule has 2 rings (SSSR count). The van der Waals surface area contributed by atoms with Crippen LogP contribution in [0.5, 0.6) is 0 Å². The summed E-state index contributed by atoms with van der Waals surface area (Å²) in [5.74, 6) is 0.0961. The molecule has 0 bridgehead atoms. The third kappa shape index (κ3) is 3.39. The molecule has 0 saturated carbocycles. The van der Waals surface area contributed by atoms with Crippen LogP contribution in [0.15, 0.2) is 34.9 Å². The van der Waals surface area contributed by atoms with E-state index in [1.165, 1.54) is 0 Å². The van der Waals surface area contributed by atoms with E-state index in [2.05, 4.69) is 5.16 Å². The minimum Gasteiger partial charge on any atom is -0.351 e. The van der Waals surface area contributed by atoms with Crippen LogP contribution >= 0.6 is 11.6 Å². The lowest BCUT2D eigenvalue weighted by atomic mass is 10.1. The van der Waals surface area contributed by atoms with E-state index in [0.29, 0.717) is 17.3 Å². The summed E-state index contributed by atoms with van der Waals surface area (Å²) in [5.41, 5.74) is 1.68. The Morgan fingerprint density at radius 1 is 1.40 bits per heavy atom. The highest BCUT2D eigenvalue weighted by molar-refractivity contribution is 6.30. The average molecular weight is 293 g/mol. The molecule has 0 spiro atoms. The molecule has 4 nitrogen and oxygen atoms in total. The Morgan fingerprint density at radius 2 is 2.15 bits per heavy atom.